The highest BCUT2D eigenvalue weighted by Gasteiger charge is 2.31. The summed E-state index contributed by atoms with van der Waals surface area (Å²) in [5.41, 5.74) is 1.13. The van der Waals surface area contributed by atoms with E-state index in [0.717, 1.165) is 69.6 Å². The first-order valence-electron chi connectivity index (χ1n) is 10.7. The van der Waals surface area contributed by atoms with Gasteiger partial charge in [-0.1, -0.05) is 18.2 Å². The molecule has 5 nitrogen and oxygen atoms in total. The number of piperazine rings is 1. The van der Waals surface area contributed by atoms with Crippen LogP contribution in [0.25, 0.3) is 6.08 Å². The molecule has 1 N–H and O–H groups in total. The lowest BCUT2D eigenvalue weighted by atomic mass is 10.1. The van der Waals surface area contributed by atoms with Crippen molar-refractivity contribution in [1.82, 2.24) is 9.88 Å². The van der Waals surface area contributed by atoms with E-state index in [4.69, 9.17) is 4.74 Å². The summed E-state index contributed by atoms with van der Waals surface area (Å²) in [7, 11) is 0. The van der Waals surface area contributed by atoms with Crippen LogP contribution < -0.4 is 15.0 Å². The molecule has 0 atom stereocenters. The second-order valence-electron chi connectivity index (χ2n) is 7.80. The Balaban J connectivity index is 1.16. The summed E-state index contributed by atoms with van der Waals surface area (Å²) in [6.45, 7) is 5.53. The lowest BCUT2D eigenvalue weighted by Gasteiger charge is -2.36. The molecule has 8 heteroatoms. The van der Waals surface area contributed by atoms with E-state index in [0.29, 0.717) is 18.2 Å². The van der Waals surface area contributed by atoms with E-state index >= 15 is 0 Å². The second kappa shape index (κ2) is 9.60. The van der Waals surface area contributed by atoms with E-state index in [1.165, 1.54) is 12.1 Å². The quantitative estimate of drug-likeness (QED) is 0.652. The highest BCUT2D eigenvalue weighted by Crippen LogP contribution is 2.32. The number of ether oxygens (including phenoxy) is 1. The first kappa shape index (κ1) is 21.5. The molecule has 0 aliphatic carbocycles. The topological polar surface area (TPSA) is 40.6 Å². The Bertz CT molecular complexity index is 908. The van der Waals surface area contributed by atoms with Crippen molar-refractivity contribution in [3.63, 3.8) is 0 Å². The molecule has 0 unspecified atom stereocenters. The monoisotopic (exact) mass is 432 g/mol. The van der Waals surface area contributed by atoms with Crippen LogP contribution in [0.15, 0.2) is 42.5 Å². The van der Waals surface area contributed by atoms with Crippen molar-refractivity contribution in [1.29, 1.82) is 0 Å². The number of hydrogen-bond donors (Lipinski definition) is 1. The molecule has 31 heavy (non-hydrogen) atoms. The van der Waals surface area contributed by atoms with Crippen molar-refractivity contribution < 1.29 is 17.9 Å². The van der Waals surface area contributed by atoms with Crippen LogP contribution in [0.2, 0.25) is 0 Å². The first-order chi connectivity index (χ1) is 15.0. The minimum Gasteiger partial charge on any atom is -0.478 e. The molecule has 2 aromatic rings. The lowest BCUT2D eigenvalue weighted by molar-refractivity contribution is -0.137. The van der Waals surface area contributed by atoms with Crippen LogP contribution in [0, 0.1) is 0 Å². The van der Waals surface area contributed by atoms with Gasteiger partial charge in [-0.25, -0.2) is 0 Å². The number of rotatable bonds is 7. The SMILES string of the molecule is FC(F)(F)c1cccc(N2CCN(CCCCOc3ccc4c(n3)NCC=C4)CC2)c1. The van der Waals surface area contributed by atoms with Crippen LogP contribution in [-0.2, 0) is 6.18 Å². The van der Waals surface area contributed by atoms with Gasteiger partial charge in [-0.2, -0.15) is 18.2 Å². The van der Waals surface area contributed by atoms with Gasteiger partial charge in [-0.05, 0) is 43.7 Å². The normalized spacial score (nSPS) is 16.7. The first-order valence-corrected chi connectivity index (χ1v) is 10.7. The number of fused-ring (bicyclic) bond motifs is 1. The highest BCUT2D eigenvalue weighted by atomic mass is 19.4. The van der Waals surface area contributed by atoms with Gasteiger partial charge in [0.15, 0.2) is 0 Å². The van der Waals surface area contributed by atoms with Gasteiger partial charge in [-0.3, -0.25) is 4.90 Å². The van der Waals surface area contributed by atoms with Crippen molar-refractivity contribution in [3.05, 3.63) is 53.6 Å². The van der Waals surface area contributed by atoms with E-state index in [-0.39, 0.29) is 0 Å². The van der Waals surface area contributed by atoms with Crippen molar-refractivity contribution in [2.75, 3.05) is 56.1 Å². The minimum absolute atomic E-state index is 0.590. The Hall–Kier alpha value is -2.74. The molecular weight excluding hydrogens is 405 g/mol. The predicted molar refractivity (Wildman–Crippen MR) is 117 cm³/mol. The minimum atomic E-state index is -4.30. The van der Waals surface area contributed by atoms with E-state index in [9.17, 15) is 13.2 Å². The summed E-state index contributed by atoms with van der Waals surface area (Å²) in [6, 6.07) is 9.49. The van der Waals surface area contributed by atoms with Gasteiger partial charge >= 0.3 is 6.18 Å². The standard InChI is InChI=1S/C23H27F3N4O/c24-23(25,26)19-6-3-7-20(17-19)30-14-12-29(13-15-30)11-1-2-16-31-21-9-8-18-5-4-10-27-22(18)28-21/h3-9,17H,1-2,10-16H2,(H,27,28). The second-order valence-corrected chi connectivity index (χ2v) is 7.80. The average Bonchev–Trinajstić information content (AvgIpc) is 2.79. The molecule has 166 valence electrons. The van der Waals surface area contributed by atoms with Gasteiger partial charge in [-0.15, -0.1) is 0 Å². The van der Waals surface area contributed by atoms with E-state index in [1.807, 2.05) is 17.0 Å². The number of nitrogens with one attached hydrogen (secondary N) is 1. The van der Waals surface area contributed by atoms with Gasteiger partial charge in [0.05, 0.1) is 12.2 Å². The molecule has 0 amide bonds. The molecule has 1 aromatic heterocycles. The molecule has 0 radical (unpaired) electrons. The van der Waals surface area contributed by atoms with Gasteiger partial charge in [0.25, 0.3) is 0 Å². The summed E-state index contributed by atoms with van der Waals surface area (Å²) in [5.74, 6) is 1.50. The lowest BCUT2D eigenvalue weighted by Crippen LogP contribution is -2.46. The molecule has 1 fully saturated rings. The maximum atomic E-state index is 12.9. The van der Waals surface area contributed by atoms with Crippen molar-refractivity contribution in [3.8, 4) is 5.88 Å². The Morgan fingerprint density at radius 2 is 1.87 bits per heavy atom. The van der Waals surface area contributed by atoms with Gasteiger partial charge in [0.1, 0.15) is 5.82 Å². The summed E-state index contributed by atoms with van der Waals surface area (Å²) in [4.78, 5) is 8.87. The number of hydrogen-bond acceptors (Lipinski definition) is 5. The Kier molecular flexibility index (Phi) is 6.65. The molecular formula is C23H27F3N4O. The molecule has 0 saturated carbocycles. The molecule has 0 spiro atoms. The largest absolute Gasteiger partial charge is 0.478 e. The van der Waals surface area contributed by atoms with Crippen LogP contribution in [0.5, 0.6) is 5.88 Å². The van der Waals surface area contributed by atoms with Crippen LogP contribution in [0.1, 0.15) is 24.0 Å². The fourth-order valence-electron chi connectivity index (χ4n) is 3.87. The van der Waals surface area contributed by atoms with E-state index in [2.05, 4.69) is 27.4 Å². The number of halogens is 3. The number of benzene rings is 1. The summed E-state index contributed by atoms with van der Waals surface area (Å²) < 4.78 is 44.6. The van der Waals surface area contributed by atoms with Crippen molar-refractivity contribution in [2.45, 2.75) is 19.0 Å². The summed E-state index contributed by atoms with van der Waals surface area (Å²) in [6.07, 6.45) is 1.75. The van der Waals surface area contributed by atoms with Crippen molar-refractivity contribution in [2.24, 2.45) is 0 Å². The fraction of sp³-hybridized carbons (Fsp3) is 0.435. The highest BCUT2D eigenvalue weighted by molar-refractivity contribution is 5.67. The third-order valence-electron chi connectivity index (χ3n) is 5.62. The van der Waals surface area contributed by atoms with Gasteiger partial charge < -0.3 is 15.0 Å². The van der Waals surface area contributed by atoms with E-state index in [1.54, 1.807) is 6.07 Å². The Labute approximate surface area is 180 Å². The molecule has 0 bridgehead atoms. The molecule has 2 aliphatic heterocycles. The van der Waals surface area contributed by atoms with Gasteiger partial charge in [0.2, 0.25) is 5.88 Å². The maximum Gasteiger partial charge on any atom is 0.416 e. The number of alkyl halides is 3. The smallest absolute Gasteiger partial charge is 0.416 e. The zero-order valence-corrected chi connectivity index (χ0v) is 17.4. The summed E-state index contributed by atoms with van der Waals surface area (Å²) in [5, 5.41) is 3.23. The number of nitrogens with zero attached hydrogens (tertiary/aromatic N) is 3. The maximum absolute atomic E-state index is 12.9. The number of unbranched alkanes of at least 4 members (excludes halogenated alkanes) is 1. The predicted octanol–water partition coefficient (Wildman–Crippen LogP) is 4.52. The third kappa shape index (κ3) is 5.70. The third-order valence-corrected chi connectivity index (χ3v) is 5.62. The van der Waals surface area contributed by atoms with Crippen LogP contribution in [0.4, 0.5) is 24.7 Å². The molecule has 4 rings (SSSR count). The van der Waals surface area contributed by atoms with Gasteiger partial charge in [0, 0.05) is 50.0 Å². The number of anilines is 2. The number of pyridine rings is 1. The Morgan fingerprint density at radius 1 is 1.03 bits per heavy atom. The fourth-order valence-corrected chi connectivity index (χ4v) is 3.87. The van der Waals surface area contributed by atoms with Crippen LogP contribution in [0.3, 0.4) is 0 Å². The zero-order valence-electron chi connectivity index (χ0n) is 17.4. The molecule has 1 saturated heterocycles. The Morgan fingerprint density at radius 3 is 2.68 bits per heavy atom. The number of aromatic nitrogens is 1. The van der Waals surface area contributed by atoms with Crippen LogP contribution in [-0.4, -0.2) is 55.8 Å². The van der Waals surface area contributed by atoms with Crippen LogP contribution >= 0.6 is 0 Å². The molecule has 2 aliphatic rings. The van der Waals surface area contributed by atoms with Crippen molar-refractivity contribution >= 4 is 17.6 Å². The zero-order chi connectivity index (χ0) is 21.7. The average molecular weight is 432 g/mol. The summed E-state index contributed by atoms with van der Waals surface area (Å²) >= 11 is 0. The molecule has 1 aromatic carbocycles. The molecule has 3 heterocycles. The van der Waals surface area contributed by atoms with E-state index < -0.39 is 11.7 Å².